The van der Waals surface area contributed by atoms with Gasteiger partial charge in [0.2, 0.25) is 5.91 Å². The average Bonchev–Trinajstić information content (AvgIpc) is 2.46. The summed E-state index contributed by atoms with van der Waals surface area (Å²) in [6.45, 7) is 2.27. The summed E-state index contributed by atoms with van der Waals surface area (Å²) < 4.78 is 5.06. The van der Waals surface area contributed by atoms with Crippen LogP contribution in [0.3, 0.4) is 0 Å². The topological polar surface area (TPSA) is 66.8 Å². The summed E-state index contributed by atoms with van der Waals surface area (Å²) in [5.74, 6) is 1.11. The molecule has 0 unspecified atom stereocenters. The average molecular weight is 311 g/mol. The highest BCUT2D eigenvalue weighted by Gasteiger charge is 2.09. The lowest BCUT2D eigenvalue weighted by atomic mass is 10.2. The molecule has 1 rings (SSSR count). The molecule has 0 saturated carbocycles. The Morgan fingerprint density at radius 3 is 2.52 bits per heavy atom. The first-order valence-electron chi connectivity index (χ1n) is 6.78. The van der Waals surface area contributed by atoms with Crippen LogP contribution in [0.2, 0.25) is 0 Å². The molecule has 21 heavy (non-hydrogen) atoms. The molecule has 0 fully saturated rings. The van der Waals surface area contributed by atoms with E-state index in [1.54, 1.807) is 35.8 Å². The van der Waals surface area contributed by atoms with Crippen LogP contribution in [0.25, 0.3) is 0 Å². The third kappa shape index (κ3) is 7.04. The highest BCUT2D eigenvalue weighted by molar-refractivity contribution is 7.99. The predicted octanol–water partition coefficient (Wildman–Crippen LogP) is 2.25. The first-order chi connectivity index (χ1) is 10.0. The van der Waals surface area contributed by atoms with E-state index in [9.17, 15) is 9.59 Å². The van der Waals surface area contributed by atoms with Crippen LogP contribution in [0.1, 0.15) is 18.9 Å². The number of amides is 1. The summed E-state index contributed by atoms with van der Waals surface area (Å²) in [7, 11) is 1.78. The van der Waals surface area contributed by atoms with E-state index in [0.29, 0.717) is 18.0 Å². The zero-order valence-electron chi connectivity index (χ0n) is 12.4. The minimum absolute atomic E-state index is 0.111. The van der Waals surface area contributed by atoms with Crippen molar-refractivity contribution in [2.75, 3.05) is 25.2 Å². The van der Waals surface area contributed by atoms with E-state index >= 15 is 0 Å². The highest BCUT2D eigenvalue weighted by Crippen LogP contribution is 2.14. The lowest BCUT2D eigenvalue weighted by Crippen LogP contribution is -2.27. The standard InChI is InChI=1S/C15H21NO4S/c1-3-8-21-11-14(17)16(2)9-12-4-6-13(7-5-12)20-10-15(18)19/h4-7H,3,8-11H2,1-2H3,(H,18,19). The van der Waals surface area contributed by atoms with E-state index in [-0.39, 0.29) is 12.5 Å². The van der Waals surface area contributed by atoms with Crippen molar-refractivity contribution in [1.29, 1.82) is 0 Å². The summed E-state index contributed by atoms with van der Waals surface area (Å²) in [5, 5.41) is 8.53. The Balaban J connectivity index is 2.43. The number of carbonyl (C=O) groups is 2. The first kappa shape index (κ1) is 17.4. The molecule has 1 N–H and O–H groups in total. The second-order valence-electron chi connectivity index (χ2n) is 4.63. The van der Waals surface area contributed by atoms with Crippen LogP contribution < -0.4 is 4.74 Å². The molecular formula is C15H21NO4S. The third-order valence-corrected chi connectivity index (χ3v) is 3.85. The molecular weight excluding hydrogens is 290 g/mol. The molecule has 1 aromatic rings. The Morgan fingerprint density at radius 2 is 1.95 bits per heavy atom. The van der Waals surface area contributed by atoms with Crippen molar-refractivity contribution in [3.05, 3.63) is 29.8 Å². The van der Waals surface area contributed by atoms with Gasteiger partial charge in [-0.25, -0.2) is 4.79 Å². The summed E-state index contributed by atoms with van der Waals surface area (Å²) in [5.41, 5.74) is 0.981. The number of hydrogen-bond donors (Lipinski definition) is 1. The lowest BCUT2D eigenvalue weighted by Gasteiger charge is -2.17. The lowest BCUT2D eigenvalue weighted by molar-refractivity contribution is -0.139. The molecule has 0 aliphatic rings. The summed E-state index contributed by atoms with van der Waals surface area (Å²) in [6.07, 6.45) is 1.07. The van der Waals surface area contributed by atoms with Crippen molar-refractivity contribution >= 4 is 23.6 Å². The van der Waals surface area contributed by atoms with Gasteiger partial charge in [-0.15, -0.1) is 0 Å². The van der Waals surface area contributed by atoms with Gasteiger partial charge in [0, 0.05) is 13.6 Å². The summed E-state index contributed by atoms with van der Waals surface area (Å²) >= 11 is 1.65. The number of benzene rings is 1. The second-order valence-corrected chi connectivity index (χ2v) is 5.73. The van der Waals surface area contributed by atoms with E-state index in [0.717, 1.165) is 17.7 Å². The predicted molar refractivity (Wildman–Crippen MR) is 83.7 cm³/mol. The van der Waals surface area contributed by atoms with Crippen LogP contribution in [0.5, 0.6) is 5.75 Å². The Hall–Kier alpha value is -1.69. The van der Waals surface area contributed by atoms with Gasteiger partial charge in [0.25, 0.3) is 0 Å². The zero-order chi connectivity index (χ0) is 15.7. The SMILES string of the molecule is CCCSCC(=O)N(C)Cc1ccc(OCC(=O)O)cc1. The molecule has 0 saturated heterocycles. The molecule has 0 heterocycles. The fraction of sp³-hybridized carbons (Fsp3) is 0.467. The molecule has 116 valence electrons. The number of carbonyl (C=O) groups excluding carboxylic acids is 1. The van der Waals surface area contributed by atoms with Gasteiger partial charge in [-0.1, -0.05) is 19.1 Å². The van der Waals surface area contributed by atoms with Crippen molar-refractivity contribution in [3.8, 4) is 5.75 Å². The number of thioether (sulfide) groups is 1. The van der Waals surface area contributed by atoms with Crippen LogP contribution in [0, 0.1) is 0 Å². The Labute approximate surface area is 129 Å². The number of carboxylic acid groups (broad SMARTS) is 1. The largest absolute Gasteiger partial charge is 0.482 e. The van der Waals surface area contributed by atoms with Crippen LogP contribution in [0.4, 0.5) is 0 Å². The third-order valence-electron chi connectivity index (χ3n) is 2.71. The maximum atomic E-state index is 11.9. The number of aliphatic carboxylic acids is 1. The number of ether oxygens (including phenoxy) is 1. The van der Waals surface area contributed by atoms with Gasteiger partial charge >= 0.3 is 5.97 Å². The van der Waals surface area contributed by atoms with E-state index in [1.807, 2.05) is 12.1 Å². The van der Waals surface area contributed by atoms with E-state index < -0.39 is 5.97 Å². The van der Waals surface area contributed by atoms with Gasteiger partial charge < -0.3 is 14.7 Å². The molecule has 0 bridgehead atoms. The van der Waals surface area contributed by atoms with Crippen molar-refractivity contribution in [2.24, 2.45) is 0 Å². The molecule has 1 aromatic carbocycles. The molecule has 0 aliphatic heterocycles. The maximum Gasteiger partial charge on any atom is 0.341 e. The second kappa shape index (κ2) is 9.28. The summed E-state index contributed by atoms with van der Waals surface area (Å²) in [6, 6.07) is 7.09. The molecule has 0 spiro atoms. The quantitative estimate of drug-likeness (QED) is 0.709. The van der Waals surface area contributed by atoms with Crippen LogP contribution in [-0.2, 0) is 16.1 Å². The Bertz CT molecular complexity index is 461. The van der Waals surface area contributed by atoms with E-state index in [2.05, 4.69) is 6.92 Å². The van der Waals surface area contributed by atoms with E-state index in [4.69, 9.17) is 9.84 Å². The van der Waals surface area contributed by atoms with Crippen LogP contribution in [-0.4, -0.2) is 47.0 Å². The molecule has 5 nitrogen and oxygen atoms in total. The molecule has 0 aliphatic carbocycles. The zero-order valence-corrected chi connectivity index (χ0v) is 13.2. The first-order valence-corrected chi connectivity index (χ1v) is 7.93. The molecule has 0 radical (unpaired) electrons. The monoisotopic (exact) mass is 311 g/mol. The molecule has 0 aromatic heterocycles. The maximum absolute atomic E-state index is 11.9. The van der Waals surface area contributed by atoms with Gasteiger partial charge in [0.15, 0.2) is 6.61 Å². The molecule has 6 heteroatoms. The normalized spacial score (nSPS) is 10.2. The Kier molecular flexibility index (Phi) is 7.68. The number of hydrogen-bond acceptors (Lipinski definition) is 4. The van der Waals surface area contributed by atoms with E-state index in [1.165, 1.54) is 0 Å². The van der Waals surface area contributed by atoms with Crippen molar-refractivity contribution in [3.63, 3.8) is 0 Å². The van der Waals surface area contributed by atoms with Gasteiger partial charge in [-0.2, -0.15) is 11.8 Å². The van der Waals surface area contributed by atoms with Gasteiger partial charge in [0.1, 0.15) is 5.75 Å². The Morgan fingerprint density at radius 1 is 1.29 bits per heavy atom. The van der Waals surface area contributed by atoms with Crippen molar-refractivity contribution in [2.45, 2.75) is 19.9 Å². The minimum atomic E-state index is -1.01. The fourth-order valence-corrected chi connectivity index (χ4v) is 2.44. The summed E-state index contributed by atoms with van der Waals surface area (Å²) in [4.78, 5) is 24.0. The van der Waals surface area contributed by atoms with Gasteiger partial charge in [0.05, 0.1) is 5.75 Å². The molecule has 1 amide bonds. The fourth-order valence-electron chi connectivity index (χ4n) is 1.61. The van der Waals surface area contributed by atoms with Crippen molar-refractivity contribution < 1.29 is 19.4 Å². The number of rotatable bonds is 9. The number of carboxylic acids is 1. The van der Waals surface area contributed by atoms with Gasteiger partial charge in [-0.3, -0.25) is 4.79 Å². The highest BCUT2D eigenvalue weighted by atomic mass is 32.2. The molecule has 0 atom stereocenters. The number of nitrogens with zero attached hydrogens (tertiary/aromatic N) is 1. The van der Waals surface area contributed by atoms with Crippen molar-refractivity contribution in [1.82, 2.24) is 4.90 Å². The van der Waals surface area contributed by atoms with Gasteiger partial charge in [-0.05, 0) is 29.9 Å². The van der Waals surface area contributed by atoms with Crippen LogP contribution >= 0.6 is 11.8 Å². The minimum Gasteiger partial charge on any atom is -0.482 e. The van der Waals surface area contributed by atoms with Crippen LogP contribution in [0.15, 0.2) is 24.3 Å². The smallest absolute Gasteiger partial charge is 0.341 e.